The van der Waals surface area contributed by atoms with Crippen molar-refractivity contribution >= 4 is 39.5 Å². The van der Waals surface area contributed by atoms with E-state index in [4.69, 9.17) is 37.0 Å². The van der Waals surface area contributed by atoms with Crippen LogP contribution in [0.25, 0.3) is 0 Å². The van der Waals surface area contributed by atoms with E-state index in [-0.39, 0.29) is 25.7 Å². The summed E-state index contributed by atoms with van der Waals surface area (Å²) in [6.07, 6.45) is 64.8. The van der Waals surface area contributed by atoms with E-state index in [1.54, 1.807) is 0 Å². The number of hydrogen-bond acceptors (Lipinski definition) is 15. The fourth-order valence-corrected chi connectivity index (χ4v) is 14.0. The van der Waals surface area contributed by atoms with Gasteiger partial charge in [-0.1, -0.05) is 375 Å². The molecule has 0 aromatic carbocycles. The van der Waals surface area contributed by atoms with Gasteiger partial charge in [0.1, 0.15) is 19.3 Å². The maximum atomic E-state index is 13.1. The van der Waals surface area contributed by atoms with E-state index in [1.165, 1.54) is 244 Å². The second-order valence-corrected chi connectivity index (χ2v) is 32.2. The highest BCUT2D eigenvalue weighted by atomic mass is 31.2. The largest absolute Gasteiger partial charge is 0.472 e. The molecule has 0 saturated heterocycles. The standard InChI is InChI=1S/C80H156O17P2/c1-6-9-12-15-17-19-21-23-25-27-29-31-33-35-37-39-41-43-45-49-54-59-64-78(83)91-70-76(97-79(84)65-60-55-50-46-44-42-40-38-36-34-32-30-28-26-24-22-20-18-16-13-10-7-2)72-95-99(88,89)93-68-74(81)67-92-98(86,87)94-71-75(69-90-77(82)63-58-52-14-11-8-3)96-80(85)66-61-56-51-47-48-53-57-62-73(4)5/h73-76,81H,6-72H2,1-5H3,(H,86,87)(H,88,89)/t74-,75+,76+/m0/s1. The number of ether oxygens (including phenoxy) is 4. The molecule has 0 bridgehead atoms. The van der Waals surface area contributed by atoms with Crippen molar-refractivity contribution in [2.45, 2.75) is 445 Å². The Labute approximate surface area is 607 Å². The Morgan fingerprint density at radius 2 is 0.465 bits per heavy atom. The number of carbonyl (C=O) groups excluding carboxylic acids is 4. The fourth-order valence-electron chi connectivity index (χ4n) is 12.4. The van der Waals surface area contributed by atoms with E-state index in [1.807, 2.05) is 0 Å². The number of aliphatic hydroxyl groups excluding tert-OH is 1. The fraction of sp³-hybridized carbons (Fsp3) is 0.950. The van der Waals surface area contributed by atoms with Crippen molar-refractivity contribution in [2.24, 2.45) is 5.92 Å². The predicted molar refractivity (Wildman–Crippen MR) is 405 cm³/mol. The van der Waals surface area contributed by atoms with Crippen LogP contribution in [0.3, 0.4) is 0 Å². The third kappa shape index (κ3) is 74.1. The topological polar surface area (TPSA) is 237 Å². The van der Waals surface area contributed by atoms with Crippen LogP contribution in [-0.4, -0.2) is 96.7 Å². The van der Waals surface area contributed by atoms with Gasteiger partial charge in [0.2, 0.25) is 0 Å². The van der Waals surface area contributed by atoms with Crippen LogP contribution < -0.4 is 0 Å². The summed E-state index contributed by atoms with van der Waals surface area (Å²) in [5.74, 6) is -1.43. The highest BCUT2D eigenvalue weighted by molar-refractivity contribution is 7.47. The molecule has 3 N–H and O–H groups in total. The lowest BCUT2D eigenvalue weighted by atomic mass is 10.0. The smallest absolute Gasteiger partial charge is 0.462 e. The summed E-state index contributed by atoms with van der Waals surface area (Å²) in [7, 11) is -9.90. The van der Waals surface area contributed by atoms with Crippen molar-refractivity contribution in [1.82, 2.24) is 0 Å². The number of phosphoric ester groups is 2. The lowest BCUT2D eigenvalue weighted by Crippen LogP contribution is -2.30. The van der Waals surface area contributed by atoms with Crippen LogP contribution in [0.2, 0.25) is 0 Å². The van der Waals surface area contributed by atoms with E-state index in [0.717, 1.165) is 96.3 Å². The number of aliphatic hydroxyl groups is 1. The zero-order valence-corrected chi connectivity index (χ0v) is 66.4. The lowest BCUT2D eigenvalue weighted by molar-refractivity contribution is -0.161. The molecule has 0 saturated carbocycles. The first-order valence-corrected chi connectivity index (χ1v) is 44.6. The Bertz CT molecular complexity index is 1890. The van der Waals surface area contributed by atoms with Crippen molar-refractivity contribution < 1.29 is 80.2 Å². The van der Waals surface area contributed by atoms with Gasteiger partial charge in [0.05, 0.1) is 26.4 Å². The minimum Gasteiger partial charge on any atom is -0.462 e. The van der Waals surface area contributed by atoms with Crippen LogP contribution in [0.15, 0.2) is 0 Å². The van der Waals surface area contributed by atoms with Gasteiger partial charge in [-0.15, -0.1) is 0 Å². The molecular weight excluding hydrogens is 1290 g/mol. The van der Waals surface area contributed by atoms with Crippen molar-refractivity contribution in [1.29, 1.82) is 0 Å². The average molecular weight is 1450 g/mol. The van der Waals surface area contributed by atoms with Crippen LogP contribution in [0.4, 0.5) is 0 Å². The zero-order chi connectivity index (χ0) is 72.7. The summed E-state index contributed by atoms with van der Waals surface area (Å²) in [5.41, 5.74) is 0. The zero-order valence-electron chi connectivity index (χ0n) is 64.6. The Kier molecular flexibility index (Phi) is 71.6. The van der Waals surface area contributed by atoms with Gasteiger partial charge in [0.15, 0.2) is 12.2 Å². The Morgan fingerprint density at radius 3 is 0.687 bits per heavy atom. The molecule has 588 valence electrons. The van der Waals surface area contributed by atoms with Gasteiger partial charge in [-0.3, -0.25) is 37.3 Å². The number of unbranched alkanes of at least 4 members (excludes halogenated alkanes) is 52. The molecule has 0 aliphatic carbocycles. The maximum Gasteiger partial charge on any atom is 0.472 e. The van der Waals surface area contributed by atoms with E-state index in [2.05, 4.69) is 34.6 Å². The first-order chi connectivity index (χ1) is 48.0. The predicted octanol–water partition coefficient (Wildman–Crippen LogP) is 24.0. The summed E-state index contributed by atoms with van der Waals surface area (Å²) >= 11 is 0. The van der Waals surface area contributed by atoms with Gasteiger partial charge in [-0.2, -0.15) is 0 Å². The van der Waals surface area contributed by atoms with Gasteiger partial charge in [0.25, 0.3) is 0 Å². The average Bonchev–Trinajstić information content (AvgIpc) is 1.04. The normalized spacial score (nSPS) is 13.9. The maximum absolute atomic E-state index is 13.1. The summed E-state index contributed by atoms with van der Waals surface area (Å²) in [6, 6.07) is 0. The molecule has 99 heavy (non-hydrogen) atoms. The molecule has 0 radical (unpaired) electrons. The van der Waals surface area contributed by atoms with Gasteiger partial charge >= 0.3 is 39.5 Å². The van der Waals surface area contributed by atoms with Crippen LogP contribution in [-0.2, 0) is 65.4 Å². The number of phosphoric acid groups is 2. The molecule has 0 aromatic rings. The minimum atomic E-state index is -4.96. The summed E-state index contributed by atoms with van der Waals surface area (Å²) in [5, 5.41) is 10.6. The first-order valence-electron chi connectivity index (χ1n) is 41.6. The molecule has 0 aromatic heterocycles. The molecule has 0 spiro atoms. The van der Waals surface area contributed by atoms with E-state index < -0.39 is 97.5 Å². The quantitative estimate of drug-likeness (QED) is 0.0222. The Morgan fingerprint density at radius 1 is 0.273 bits per heavy atom. The number of hydrogen-bond donors (Lipinski definition) is 3. The molecule has 0 aliphatic rings. The molecule has 17 nitrogen and oxygen atoms in total. The molecule has 0 heterocycles. The molecule has 0 rings (SSSR count). The monoisotopic (exact) mass is 1450 g/mol. The van der Waals surface area contributed by atoms with Crippen LogP contribution in [0.5, 0.6) is 0 Å². The molecule has 2 unspecified atom stereocenters. The Hall–Kier alpha value is -1.94. The first kappa shape index (κ1) is 97.1. The summed E-state index contributed by atoms with van der Waals surface area (Å²) < 4.78 is 68.3. The van der Waals surface area contributed by atoms with E-state index in [0.29, 0.717) is 31.6 Å². The van der Waals surface area contributed by atoms with Gasteiger partial charge in [0, 0.05) is 25.7 Å². The third-order valence-corrected chi connectivity index (χ3v) is 20.7. The van der Waals surface area contributed by atoms with Crippen LogP contribution in [0.1, 0.15) is 426 Å². The van der Waals surface area contributed by atoms with Crippen LogP contribution in [0, 0.1) is 5.92 Å². The third-order valence-electron chi connectivity index (χ3n) is 18.8. The minimum absolute atomic E-state index is 0.103. The van der Waals surface area contributed by atoms with Gasteiger partial charge < -0.3 is 33.8 Å². The van der Waals surface area contributed by atoms with Crippen molar-refractivity contribution in [3.8, 4) is 0 Å². The number of carbonyl (C=O) groups is 4. The lowest BCUT2D eigenvalue weighted by Gasteiger charge is -2.21. The van der Waals surface area contributed by atoms with Crippen molar-refractivity contribution in [3.63, 3.8) is 0 Å². The molecule has 5 atom stereocenters. The molecular formula is C80H156O17P2. The van der Waals surface area contributed by atoms with E-state index >= 15 is 0 Å². The highest BCUT2D eigenvalue weighted by Gasteiger charge is 2.30. The van der Waals surface area contributed by atoms with Gasteiger partial charge in [-0.05, 0) is 31.6 Å². The summed E-state index contributed by atoms with van der Waals surface area (Å²) in [6.45, 7) is 7.14. The van der Waals surface area contributed by atoms with E-state index in [9.17, 15) is 43.2 Å². The SMILES string of the molecule is CCCCCCCCCCCCCCCCCCCCCCCCC(=O)OC[C@H](COP(=O)(O)OC[C@@H](O)COP(=O)(O)OC[C@@H](COC(=O)CCCCCCC)OC(=O)CCCCCCCCCC(C)C)OC(=O)CCCCCCCCCCCCCCCCCCCCCCCC. The van der Waals surface area contributed by atoms with Gasteiger partial charge in [-0.25, -0.2) is 9.13 Å². The molecule has 19 heteroatoms. The van der Waals surface area contributed by atoms with Crippen LogP contribution >= 0.6 is 15.6 Å². The highest BCUT2D eigenvalue weighted by Crippen LogP contribution is 2.45. The van der Waals surface area contributed by atoms with Crippen molar-refractivity contribution in [2.75, 3.05) is 39.6 Å². The molecule has 0 fully saturated rings. The summed E-state index contributed by atoms with van der Waals surface area (Å²) in [4.78, 5) is 72.5. The molecule has 0 amide bonds. The molecule has 0 aliphatic heterocycles. The second-order valence-electron chi connectivity index (χ2n) is 29.3. The van der Waals surface area contributed by atoms with Crippen molar-refractivity contribution in [3.05, 3.63) is 0 Å². The number of esters is 4. The second kappa shape index (κ2) is 73.0. The Balaban J connectivity index is 5.07. The number of rotatable bonds is 80.